The van der Waals surface area contributed by atoms with Gasteiger partial charge in [-0.1, -0.05) is 30.3 Å². The van der Waals surface area contributed by atoms with Gasteiger partial charge in [-0.3, -0.25) is 4.79 Å². The first-order valence-electron chi connectivity index (χ1n) is 6.50. The Morgan fingerprint density at radius 3 is 2.38 bits per heavy atom. The Hall–Kier alpha value is -2.56. The van der Waals surface area contributed by atoms with E-state index in [1.807, 2.05) is 18.2 Å². The third kappa shape index (κ3) is 2.97. The first kappa shape index (κ1) is 14.8. The lowest BCUT2D eigenvalue weighted by atomic mass is 10.1. The van der Waals surface area contributed by atoms with Crippen molar-refractivity contribution in [3.8, 4) is 0 Å². The van der Waals surface area contributed by atoms with Crippen LogP contribution in [-0.2, 0) is 9.53 Å². The van der Waals surface area contributed by atoms with Crippen LogP contribution in [0.1, 0.15) is 27.7 Å². The van der Waals surface area contributed by atoms with Gasteiger partial charge in [-0.25, -0.2) is 4.79 Å². The summed E-state index contributed by atoms with van der Waals surface area (Å²) < 4.78 is 10.0. The van der Waals surface area contributed by atoms with E-state index < -0.39 is 12.0 Å². The molecule has 5 nitrogen and oxygen atoms in total. The number of aryl methyl sites for hydroxylation is 1. The zero-order chi connectivity index (χ0) is 15.4. The van der Waals surface area contributed by atoms with Crippen molar-refractivity contribution in [2.45, 2.75) is 13.0 Å². The quantitative estimate of drug-likeness (QED) is 0.811. The van der Waals surface area contributed by atoms with Gasteiger partial charge in [0.2, 0.25) is 0 Å². The van der Waals surface area contributed by atoms with Gasteiger partial charge in [0.15, 0.2) is 11.8 Å². The molecule has 0 radical (unpaired) electrons. The van der Waals surface area contributed by atoms with Gasteiger partial charge in [0.1, 0.15) is 0 Å². The smallest absolute Gasteiger partial charge is 0.333 e. The zero-order valence-electron chi connectivity index (χ0n) is 12.2. The normalized spacial score (nSPS) is 11.8. The molecule has 0 unspecified atom stereocenters. The summed E-state index contributed by atoms with van der Waals surface area (Å²) in [6.45, 7) is 1.78. The lowest BCUT2D eigenvalue weighted by Gasteiger charge is -2.25. The van der Waals surface area contributed by atoms with Crippen LogP contribution in [-0.4, -0.2) is 30.9 Å². The van der Waals surface area contributed by atoms with Crippen LogP contribution in [0.4, 0.5) is 0 Å². The fourth-order valence-corrected chi connectivity index (χ4v) is 2.13. The lowest BCUT2D eigenvalue weighted by molar-refractivity contribution is -0.145. The summed E-state index contributed by atoms with van der Waals surface area (Å²) in [6.07, 6.45) is 1.45. The van der Waals surface area contributed by atoms with Crippen LogP contribution < -0.4 is 0 Å². The number of carbonyl (C=O) groups is 2. The second-order valence-electron chi connectivity index (χ2n) is 4.69. The zero-order valence-corrected chi connectivity index (χ0v) is 12.2. The van der Waals surface area contributed by atoms with Gasteiger partial charge in [0, 0.05) is 12.6 Å². The van der Waals surface area contributed by atoms with Crippen LogP contribution in [0.15, 0.2) is 47.1 Å². The van der Waals surface area contributed by atoms with Crippen molar-refractivity contribution >= 4 is 11.9 Å². The van der Waals surface area contributed by atoms with E-state index in [1.54, 1.807) is 32.2 Å². The Labute approximate surface area is 123 Å². The summed E-state index contributed by atoms with van der Waals surface area (Å²) in [5.74, 6) is -0.639. The van der Waals surface area contributed by atoms with Gasteiger partial charge >= 0.3 is 5.97 Å². The maximum absolute atomic E-state index is 12.5. The van der Waals surface area contributed by atoms with Crippen LogP contribution in [0, 0.1) is 6.92 Å². The molecule has 0 spiro atoms. The minimum Gasteiger partial charge on any atom is -0.467 e. The number of ether oxygens (including phenoxy) is 1. The molecule has 1 aromatic heterocycles. The van der Waals surface area contributed by atoms with Crippen molar-refractivity contribution in [3.05, 3.63) is 59.5 Å². The predicted octanol–water partition coefficient (Wildman–Crippen LogP) is 2.57. The highest BCUT2D eigenvalue weighted by molar-refractivity contribution is 5.95. The standard InChI is InChI=1S/C16H17NO4/c1-11-9-10-21-14(11)15(18)17(2)13(16(19)20-3)12-7-5-4-6-8-12/h4-10,13H,1-3H3/t13-/m0/s1. The molecular weight excluding hydrogens is 270 g/mol. The van der Waals surface area contributed by atoms with Crippen molar-refractivity contribution in [2.75, 3.05) is 14.2 Å². The third-order valence-electron chi connectivity index (χ3n) is 3.30. The number of carbonyl (C=O) groups excluding carboxylic acids is 2. The molecule has 21 heavy (non-hydrogen) atoms. The number of rotatable bonds is 4. The molecule has 0 aliphatic heterocycles. The maximum atomic E-state index is 12.5. The maximum Gasteiger partial charge on any atom is 0.333 e. The Morgan fingerprint density at radius 1 is 1.19 bits per heavy atom. The van der Waals surface area contributed by atoms with E-state index >= 15 is 0 Å². The largest absolute Gasteiger partial charge is 0.467 e. The van der Waals surface area contributed by atoms with Gasteiger partial charge in [0.25, 0.3) is 5.91 Å². The third-order valence-corrected chi connectivity index (χ3v) is 3.30. The molecule has 0 fully saturated rings. The minimum atomic E-state index is -0.812. The summed E-state index contributed by atoms with van der Waals surface area (Å²) in [5, 5.41) is 0. The Morgan fingerprint density at radius 2 is 1.86 bits per heavy atom. The number of amides is 1. The predicted molar refractivity (Wildman–Crippen MR) is 76.7 cm³/mol. The van der Waals surface area contributed by atoms with Crippen LogP contribution in [0.2, 0.25) is 0 Å². The summed E-state index contributed by atoms with van der Waals surface area (Å²) in [5.41, 5.74) is 1.41. The van der Waals surface area contributed by atoms with E-state index in [1.165, 1.54) is 18.3 Å². The Kier molecular flexibility index (Phi) is 4.42. The van der Waals surface area contributed by atoms with E-state index in [4.69, 9.17) is 9.15 Å². The average molecular weight is 287 g/mol. The summed E-state index contributed by atoms with van der Waals surface area (Å²) in [4.78, 5) is 25.9. The molecule has 1 aromatic carbocycles. The first-order chi connectivity index (χ1) is 10.1. The summed E-state index contributed by atoms with van der Waals surface area (Å²) in [6, 6.07) is 9.91. The van der Waals surface area contributed by atoms with Gasteiger partial charge in [-0.15, -0.1) is 0 Å². The van der Waals surface area contributed by atoms with Crippen molar-refractivity contribution in [1.82, 2.24) is 4.90 Å². The average Bonchev–Trinajstić information content (AvgIpc) is 2.93. The number of benzene rings is 1. The molecule has 0 aliphatic rings. The van der Waals surface area contributed by atoms with Crippen molar-refractivity contribution < 1.29 is 18.7 Å². The second kappa shape index (κ2) is 6.26. The van der Waals surface area contributed by atoms with E-state index in [9.17, 15) is 9.59 Å². The topological polar surface area (TPSA) is 59.8 Å². The Balaban J connectivity index is 2.35. The molecule has 1 atom stereocenters. The minimum absolute atomic E-state index is 0.224. The van der Waals surface area contributed by atoms with Crippen molar-refractivity contribution in [2.24, 2.45) is 0 Å². The number of esters is 1. The molecule has 0 bridgehead atoms. The number of nitrogens with zero attached hydrogens (tertiary/aromatic N) is 1. The van der Waals surface area contributed by atoms with Gasteiger partial charge in [-0.05, 0) is 18.6 Å². The fourth-order valence-electron chi connectivity index (χ4n) is 2.13. The van der Waals surface area contributed by atoms with E-state index in [2.05, 4.69) is 0 Å². The van der Waals surface area contributed by atoms with Crippen LogP contribution in [0.3, 0.4) is 0 Å². The molecule has 0 saturated heterocycles. The van der Waals surface area contributed by atoms with E-state index in [0.29, 0.717) is 5.56 Å². The van der Waals surface area contributed by atoms with Crippen LogP contribution in [0.25, 0.3) is 0 Å². The van der Waals surface area contributed by atoms with Crippen LogP contribution in [0.5, 0.6) is 0 Å². The number of methoxy groups -OCH3 is 1. The molecule has 2 aromatic rings. The fraction of sp³-hybridized carbons (Fsp3) is 0.250. The molecule has 0 N–H and O–H groups in total. The highest BCUT2D eigenvalue weighted by atomic mass is 16.5. The van der Waals surface area contributed by atoms with Crippen LogP contribution >= 0.6 is 0 Å². The number of hydrogen-bond donors (Lipinski definition) is 0. The molecule has 1 amide bonds. The second-order valence-corrected chi connectivity index (χ2v) is 4.69. The van der Waals surface area contributed by atoms with Crippen molar-refractivity contribution in [3.63, 3.8) is 0 Å². The van der Waals surface area contributed by atoms with Gasteiger partial charge < -0.3 is 14.1 Å². The van der Waals surface area contributed by atoms with E-state index in [-0.39, 0.29) is 11.7 Å². The lowest BCUT2D eigenvalue weighted by Crippen LogP contribution is -2.36. The number of furan rings is 1. The monoisotopic (exact) mass is 287 g/mol. The highest BCUT2D eigenvalue weighted by Crippen LogP contribution is 2.23. The van der Waals surface area contributed by atoms with Crippen molar-refractivity contribution in [1.29, 1.82) is 0 Å². The number of hydrogen-bond acceptors (Lipinski definition) is 4. The highest BCUT2D eigenvalue weighted by Gasteiger charge is 2.31. The molecule has 0 saturated carbocycles. The summed E-state index contributed by atoms with van der Waals surface area (Å²) >= 11 is 0. The molecule has 5 heteroatoms. The first-order valence-corrected chi connectivity index (χ1v) is 6.50. The molecule has 1 heterocycles. The number of likely N-dealkylation sites (N-methyl/N-ethyl adjacent to an activating group) is 1. The SMILES string of the molecule is COC(=O)[C@H](c1ccccc1)N(C)C(=O)c1occc1C. The Bertz CT molecular complexity index is 633. The molecule has 110 valence electrons. The van der Waals surface area contributed by atoms with Gasteiger partial charge in [-0.2, -0.15) is 0 Å². The molecular formula is C16H17NO4. The van der Waals surface area contributed by atoms with E-state index in [0.717, 1.165) is 5.56 Å². The summed E-state index contributed by atoms with van der Waals surface area (Å²) in [7, 11) is 2.85. The molecule has 0 aliphatic carbocycles. The molecule has 2 rings (SSSR count). The van der Waals surface area contributed by atoms with Gasteiger partial charge in [0.05, 0.1) is 13.4 Å².